The van der Waals surface area contributed by atoms with Gasteiger partial charge in [0.05, 0.1) is 0 Å². The van der Waals surface area contributed by atoms with E-state index >= 15 is 0 Å². The van der Waals surface area contributed by atoms with Crippen LogP contribution < -0.4 is 0 Å². The molecule has 0 amide bonds. The summed E-state index contributed by atoms with van der Waals surface area (Å²) >= 11 is -2.64. The van der Waals surface area contributed by atoms with Gasteiger partial charge in [-0.05, 0) is 0 Å². The summed E-state index contributed by atoms with van der Waals surface area (Å²) in [6.07, 6.45) is 10.3. The Labute approximate surface area is 145 Å². The van der Waals surface area contributed by atoms with E-state index in [2.05, 4.69) is 10.5 Å². The second-order valence-corrected chi connectivity index (χ2v) is 15.6. The number of carbonyl (C=O) groups is 1. The van der Waals surface area contributed by atoms with Crippen molar-refractivity contribution in [3.8, 4) is 0 Å². The van der Waals surface area contributed by atoms with Gasteiger partial charge in [-0.3, -0.25) is 0 Å². The number of hydrogen-bond acceptors (Lipinski definition) is 2. The summed E-state index contributed by atoms with van der Waals surface area (Å²) in [5, 5.41) is 4.61. The van der Waals surface area contributed by atoms with Crippen molar-refractivity contribution in [2.75, 3.05) is 0 Å². The molecule has 0 fully saturated rings. The molecule has 0 saturated carbocycles. The summed E-state index contributed by atoms with van der Waals surface area (Å²) in [6.45, 7) is 5.90. The van der Waals surface area contributed by atoms with Crippen LogP contribution in [-0.2, 0) is 25.1 Å². The van der Waals surface area contributed by atoms with Crippen LogP contribution in [0.15, 0.2) is 22.3 Å². The first-order valence-corrected chi connectivity index (χ1v) is 14.0. The van der Waals surface area contributed by atoms with Gasteiger partial charge in [0.25, 0.3) is 0 Å². The molecule has 1 atom stereocenters. The van der Waals surface area contributed by atoms with Crippen LogP contribution in [-0.4, -0.2) is 5.97 Å². The fourth-order valence-corrected chi connectivity index (χ4v) is 9.18. The van der Waals surface area contributed by atoms with Gasteiger partial charge in [0.15, 0.2) is 0 Å². The molecule has 3 aliphatic carbocycles. The number of hydrogen-bond donors (Lipinski definition) is 0. The average molecular weight is 352 g/mol. The minimum absolute atomic E-state index is 0.00550. The Morgan fingerprint density at radius 3 is 2.39 bits per heavy atom. The molecule has 0 aromatic heterocycles. The van der Waals surface area contributed by atoms with E-state index in [0.717, 1.165) is 0 Å². The van der Waals surface area contributed by atoms with Crippen molar-refractivity contribution >= 4 is 5.97 Å². The van der Waals surface area contributed by atoms with E-state index in [0.29, 0.717) is 4.22 Å². The molecule has 0 aliphatic heterocycles. The van der Waals surface area contributed by atoms with Crippen molar-refractivity contribution < 1.29 is 25.1 Å². The fraction of sp³-hybridized carbons (Fsp3) is 0.750. The molecule has 0 bridgehead atoms. The molecule has 3 rings (SSSR count). The van der Waals surface area contributed by atoms with Crippen molar-refractivity contribution in [1.29, 1.82) is 0 Å². The molecule has 0 radical (unpaired) electrons. The predicted molar refractivity (Wildman–Crippen MR) is 92.0 cm³/mol. The van der Waals surface area contributed by atoms with E-state index in [1.54, 1.807) is 22.3 Å². The first-order valence-electron chi connectivity index (χ1n) is 9.37. The molecule has 3 aliphatic rings. The molecule has 0 heterocycles. The van der Waals surface area contributed by atoms with E-state index < -0.39 is 17.0 Å². The zero-order chi connectivity index (χ0) is 16.8. The number of rotatable bonds is 2. The van der Waals surface area contributed by atoms with E-state index in [1.807, 2.05) is 20.8 Å². The van der Waals surface area contributed by atoms with Crippen molar-refractivity contribution in [3.05, 3.63) is 22.3 Å². The molecule has 3 heteroatoms. The van der Waals surface area contributed by atoms with Gasteiger partial charge in [0.1, 0.15) is 0 Å². The van der Waals surface area contributed by atoms with Gasteiger partial charge in [0.2, 0.25) is 0 Å². The van der Waals surface area contributed by atoms with Gasteiger partial charge in [-0.1, -0.05) is 0 Å². The molecule has 0 spiro atoms. The van der Waals surface area contributed by atoms with Crippen molar-refractivity contribution in [3.63, 3.8) is 0 Å². The molecular formula is C20H32O2Ti. The maximum atomic E-state index is 12.5. The molecular weight excluding hydrogens is 320 g/mol. The zero-order valence-corrected chi connectivity index (χ0v) is 17.1. The van der Waals surface area contributed by atoms with Crippen LogP contribution in [0.5, 0.6) is 0 Å². The van der Waals surface area contributed by atoms with Crippen LogP contribution in [0.25, 0.3) is 0 Å². The standard InChI is InChI=1S/C13H17.C5H10O2.2CH3.Ti/c1-3-7-12-10(5-1)9-11-6-2-4-8-13(11)12;1-5(2,3)4(6)7;;;/h5H,1-4,6-9H2;1-3H3,(H,6,7);2*1H3;/q;;;;+1/p-1. The van der Waals surface area contributed by atoms with E-state index in [4.69, 9.17) is 3.32 Å². The molecule has 0 N–H and O–H groups in total. The number of carbonyl (C=O) groups excluding carboxylic acids is 1. The summed E-state index contributed by atoms with van der Waals surface area (Å²) in [7, 11) is 0. The van der Waals surface area contributed by atoms with Crippen LogP contribution >= 0.6 is 0 Å². The Kier molecular flexibility index (Phi) is 4.70. The first-order chi connectivity index (χ1) is 10.7. The SMILES string of the molecule is CC(C)(C)C(=O)[O][Ti]([CH3])([CH3])[CH]1CCCC2=C1CC1=C2CCCC1. The summed E-state index contributed by atoms with van der Waals surface area (Å²) in [6, 6.07) is 0. The average Bonchev–Trinajstić information content (AvgIpc) is 2.84. The van der Waals surface area contributed by atoms with E-state index in [-0.39, 0.29) is 11.4 Å². The van der Waals surface area contributed by atoms with Gasteiger partial charge < -0.3 is 0 Å². The van der Waals surface area contributed by atoms with Gasteiger partial charge in [0, 0.05) is 0 Å². The van der Waals surface area contributed by atoms with Crippen molar-refractivity contribution in [2.45, 2.75) is 86.8 Å². The summed E-state index contributed by atoms with van der Waals surface area (Å²) in [5.74, 6) is 0.00550. The number of fused-ring (bicyclic) bond motifs is 1. The van der Waals surface area contributed by atoms with Crippen molar-refractivity contribution in [2.24, 2.45) is 5.41 Å². The summed E-state index contributed by atoms with van der Waals surface area (Å²) < 4.78 is 6.78. The van der Waals surface area contributed by atoms with E-state index in [9.17, 15) is 4.79 Å². The van der Waals surface area contributed by atoms with E-state index in [1.165, 1.54) is 51.4 Å². The van der Waals surface area contributed by atoms with Crippen LogP contribution in [0.2, 0.25) is 14.7 Å². The van der Waals surface area contributed by atoms with Crippen molar-refractivity contribution in [1.82, 2.24) is 0 Å². The van der Waals surface area contributed by atoms with Gasteiger partial charge in [-0.2, -0.15) is 0 Å². The second kappa shape index (κ2) is 6.19. The molecule has 0 saturated heterocycles. The molecule has 0 aromatic rings. The molecule has 23 heavy (non-hydrogen) atoms. The quantitative estimate of drug-likeness (QED) is 0.546. The Bertz CT molecular complexity index is 575. The molecule has 0 aromatic carbocycles. The van der Waals surface area contributed by atoms with Crippen LogP contribution in [0.3, 0.4) is 0 Å². The summed E-state index contributed by atoms with van der Waals surface area (Å²) in [4.78, 5) is 12.5. The molecule has 2 nitrogen and oxygen atoms in total. The zero-order valence-electron chi connectivity index (χ0n) is 15.6. The van der Waals surface area contributed by atoms with Gasteiger partial charge in [-0.15, -0.1) is 0 Å². The first kappa shape index (κ1) is 17.5. The maximum absolute atomic E-state index is 12.5. The second-order valence-electron chi connectivity index (χ2n) is 9.16. The third kappa shape index (κ3) is 3.40. The molecule has 1 unspecified atom stereocenters. The van der Waals surface area contributed by atoms with Gasteiger partial charge >= 0.3 is 146 Å². The monoisotopic (exact) mass is 352 g/mol. The Balaban J connectivity index is 1.83. The Morgan fingerprint density at radius 2 is 1.70 bits per heavy atom. The molecule has 128 valence electrons. The normalized spacial score (nSPS) is 25.3. The topological polar surface area (TPSA) is 26.3 Å². The third-order valence-corrected chi connectivity index (χ3v) is 10.6. The third-order valence-electron chi connectivity index (χ3n) is 5.89. The Morgan fingerprint density at radius 1 is 1.04 bits per heavy atom. The Hall–Kier alpha value is -0.336. The van der Waals surface area contributed by atoms with Crippen LogP contribution in [0.4, 0.5) is 0 Å². The predicted octanol–water partition coefficient (Wildman–Crippen LogP) is 6.28. The van der Waals surface area contributed by atoms with Gasteiger partial charge in [-0.25, -0.2) is 0 Å². The minimum atomic E-state index is -2.64. The van der Waals surface area contributed by atoms with Crippen LogP contribution in [0.1, 0.15) is 72.1 Å². The summed E-state index contributed by atoms with van der Waals surface area (Å²) in [5.41, 5.74) is 6.45. The fourth-order valence-electron chi connectivity index (χ4n) is 4.59. The number of allylic oxidation sites excluding steroid dienone is 4. The van der Waals surface area contributed by atoms with Crippen LogP contribution in [0, 0.1) is 5.41 Å².